The SMILES string of the molecule is CCC(C)N(CC(=O)N(Cc1cccn1C)C1CC1)C(=O)Nc1ccc(F)c(Cl)c1. The van der Waals surface area contributed by atoms with Crippen LogP contribution in [0.15, 0.2) is 36.5 Å². The molecule has 0 bridgehead atoms. The van der Waals surface area contributed by atoms with Crippen molar-refractivity contribution in [3.63, 3.8) is 0 Å². The Morgan fingerprint density at radius 1 is 1.33 bits per heavy atom. The minimum absolute atomic E-state index is 0.0172. The molecule has 1 aromatic heterocycles. The predicted molar refractivity (Wildman–Crippen MR) is 116 cm³/mol. The predicted octanol–water partition coefficient (Wildman–Crippen LogP) is 4.64. The first-order chi connectivity index (χ1) is 14.3. The standard InChI is InChI=1S/C22H28ClFN4O2/c1-4-15(2)27(22(30)25-16-7-10-20(24)19(23)12-16)14-21(29)28(17-8-9-17)13-18-6-5-11-26(18)3/h5-7,10-12,15,17H,4,8-9,13-14H2,1-3H3,(H,25,30). The topological polar surface area (TPSA) is 57.6 Å². The van der Waals surface area contributed by atoms with Crippen molar-refractivity contribution in [3.8, 4) is 0 Å². The first-order valence-corrected chi connectivity index (χ1v) is 10.6. The maximum absolute atomic E-state index is 13.4. The number of carbonyl (C=O) groups is 2. The molecule has 1 atom stereocenters. The number of rotatable bonds is 8. The van der Waals surface area contributed by atoms with E-state index in [0.29, 0.717) is 18.7 Å². The third kappa shape index (κ3) is 5.33. The molecule has 162 valence electrons. The van der Waals surface area contributed by atoms with Crippen molar-refractivity contribution in [2.45, 2.75) is 51.7 Å². The molecule has 1 heterocycles. The number of benzene rings is 1. The number of anilines is 1. The van der Waals surface area contributed by atoms with Crippen molar-refractivity contribution in [2.24, 2.45) is 7.05 Å². The number of amides is 3. The van der Waals surface area contributed by atoms with E-state index >= 15 is 0 Å². The minimum Gasteiger partial charge on any atom is -0.353 e. The van der Waals surface area contributed by atoms with Crippen LogP contribution in [0.5, 0.6) is 0 Å². The van der Waals surface area contributed by atoms with Crippen LogP contribution in [0.1, 0.15) is 38.8 Å². The zero-order chi connectivity index (χ0) is 21.8. The van der Waals surface area contributed by atoms with Crippen molar-refractivity contribution >= 4 is 29.2 Å². The second kappa shape index (κ2) is 9.51. The molecule has 1 aliphatic rings. The van der Waals surface area contributed by atoms with Gasteiger partial charge in [-0.2, -0.15) is 0 Å². The molecule has 1 fully saturated rings. The van der Waals surface area contributed by atoms with Crippen LogP contribution in [0, 0.1) is 5.82 Å². The van der Waals surface area contributed by atoms with E-state index in [1.54, 1.807) is 0 Å². The van der Waals surface area contributed by atoms with E-state index in [2.05, 4.69) is 5.32 Å². The lowest BCUT2D eigenvalue weighted by molar-refractivity contribution is -0.133. The van der Waals surface area contributed by atoms with Gasteiger partial charge in [-0.1, -0.05) is 18.5 Å². The molecule has 8 heteroatoms. The maximum atomic E-state index is 13.4. The fraction of sp³-hybridized carbons (Fsp3) is 0.455. The van der Waals surface area contributed by atoms with Crippen LogP contribution in [0.4, 0.5) is 14.9 Å². The summed E-state index contributed by atoms with van der Waals surface area (Å²) in [6.07, 6.45) is 4.63. The molecule has 1 saturated carbocycles. The summed E-state index contributed by atoms with van der Waals surface area (Å²) in [5, 5.41) is 2.66. The summed E-state index contributed by atoms with van der Waals surface area (Å²) in [6.45, 7) is 4.38. The lowest BCUT2D eigenvalue weighted by Gasteiger charge is -2.31. The summed E-state index contributed by atoms with van der Waals surface area (Å²) >= 11 is 5.81. The third-order valence-electron chi connectivity index (χ3n) is 5.55. The summed E-state index contributed by atoms with van der Waals surface area (Å²) in [5.41, 5.74) is 1.44. The van der Waals surface area contributed by atoms with Crippen molar-refractivity contribution in [1.82, 2.24) is 14.4 Å². The Balaban J connectivity index is 1.72. The van der Waals surface area contributed by atoms with Gasteiger partial charge >= 0.3 is 6.03 Å². The maximum Gasteiger partial charge on any atom is 0.322 e. The molecular weight excluding hydrogens is 407 g/mol. The van der Waals surface area contributed by atoms with E-state index in [1.165, 1.54) is 23.1 Å². The van der Waals surface area contributed by atoms with Crippen LogP contribution in [-0.4, -0.2) is 44.9 Å². The Hall–Kier alpha value is -2.54. The Bertz CT molecular complexity index is 912. The molecule has 1 aliphatic carbocycles. The van der Waals surface area contributed by atoms with E-state index in [9.17, 15) is 14.0 Å². The van der Waals surface area contributed by atoms with Gasteiger partial charge in [0.1, 0.15) is 12.4 Å². The van der Waals surface area contributed by atoms with E-state index < -0.39 is 11.8 Å². The molecule has 0 spiro atoms. The Labute approximate surface area is 181 Å². The largest absolute Gasteiger partial charge is 0.353 e. The minimum atomic E-state index is -0.552. The van der Waals surface area contributed by atoms with Crippen molar-refractivity contribution in [2.75, 3.05) is 11.9 Å². The smallest absolute Gasteiger partial charge is 0.322 e. The first kappa shape index (κ1) is 22.2. The zero-order valence-electron chi connectivity index (χ0n) is 17.6. The molecule has 1 unspecified atom stereocenters. The van der Waals surface area contributed by atoms with E-state index in [0.717, 1.165) is 18.5 Å². The molecule has 6 nitrogen and oxygen atoms in total. The number of aryl methyl sites for hydroxylation is 1. The summed E-state index contributed by atoms with van der Waals surface area (Å²) in [4.78, 5) is 29.5. The number of halogens is 2. The van der Waals surface area contributed by atoms with E-state index in [1.807, 2.05) is 48.7 Å². The van der Waals surface area contributed by atoms with Crippen LogP contribution in [0.3, 0.4) is 0 Å². The summed E-state index contributed by atoms with van der Waals surface area (Å²) in [7, 11) is 1.96. The Kier molecular flexibility index (Phi) is 7.02. The lowest BCUT2D eigenvalue weighted by Crippen LogP contribution is -2.48. The fourth-order valence-electron chi connectivity index (χ4n) is 3.30. The molecule has 2 aromatic rings. The number of urea groups is 1. The zero-order valence-corrected chi connectivity index (χ0v) is 18.3. The van der Waals surface area contributed by atoms with Crippen LogP contribution in [0.2, 0.25) is 5.02 Å². The number of hydrogen-bond acceptors (Lipinski definition) is 2. The number of hydrogen-bond donors (Lipinski definition) is 1. The highest BCUT2D eigenvalue weighted by molar-refractivity contribution is 6.31. The van der Waals surface area contributed by atoms with Gasteiger partial charge in [0, 0.05) is 36.7 Å². The summed E-state index contributed by atoms with van der Waals surface area (Å²) in [6, 6.07) is 7.64. The quantitative estimate of drug-likeness (QED) is 0.657. The van der Waals surface area contributed by atoms with Crippen LogP contribution in [0.25, 0.3) is 0 Å². The van der Waals surface area contributed by atoms with Crippen LogP contribution >= 0.6 is 11.6 Å². The number of nitrogens with one attached hydrogen (secondary N) is 1. The van der Waals surface area contributed by atoms with Gasteiger partial charge in [0.2, 0.25) is 5.91 Å². The molecule has 0 saturated heterocycles. The monoisotopic (exact) mass is 434 g/mol. The van der Waals surface area contributed by atoms with Gasteiger partial charge in [-0.3, -0.25) is 4.79 Å². The number of nitrogens with zero attached hydrogens (tertiary/aromatic N) is 3. The van der Waals surface area contributed by atoms with Gasteiger partial charge in [0.05, 0.1) is 11.6 Å². The Morgan fingerprint density at radius 2 is 2.07 bits per heavy atom. The second-order valence-electron chi connectivity index (χ2n) is 7.81. The number of carbonyl (C=O) groups excluding carboxylic acids is 2. The van der Waals surface area contributed by atoms with Gasteiger partial charge < -0.3 is 19.7 Å². The molecule has 3 amide bonds. The fourth-order valence-corrected chi connectivity index (χ4v) is 3.48. The van der Waals surface area contributed by atoms with Gasteiger partial charge in [0.25, 0.3) is 0 Å². The summed E-state index contributed by atoms with van der Waals surface area (Å²) < 4.78 is 15.4. The van der Waals surface area contributed by atoms with Crippen molar-refractivity contribution in [1.29, 1.82) is 0 Å². The van der Waals surface area contributed by atoms with Crippen molar-refractivity contribution < 1.29 is 14.0 Å². The molecule has 1 N–H and O–H groups in total. The molecule has 3 rings (SSSR count). The highest BCUT2D eigenvalue weighted by Gasteiger charge is 2.34. The molecule has 30 heavy (non-hydrogen) atoms. The van der Waals surface area contributed by atoms with Crippen LogP contribution in [-0.2, 0) is 18.4 Å². The lowest BCUT2D eigenvalue weighted by atomic mass is 10.2. The molecule has 0 aliphatic heterocycles. The van der Waals surface area contributed by atoms with Gasteiger partial charge in [-0.25, -0.2) is 9.18 Å². The first-order valence-electron chi connectivity index (χ1n) is 10.2. The summed E-state index contributed by atoms with van der Waals surface area (Å²) in [5.74, 6) is -0.629. The normalized spacial score (nSPS) is 14.3. The van der Waals surface area contributed by atoms with Crippen LogP contribution < -0.4 is 5.32 Å². The van der Waals surface area contributed by atoms with Gasteiger partial charge in [0.15, 0.2) is 0 Å². The average molecular weight is 435 g/mol. The van der Waals surface area contributed by atoms with Crippen molar-refractivity contribution in [3.05, 3.63) is 53.1 Å². The Morgan fingerprint density at radius 3 is 2.63 bits per heavy atom. The van der Waals surface area contributed by atoms with Gasteiger partial charge in [-0.05, 0) is 56.5 Å². The van der Waals surface area contributed by atoms with E-state index in [-0.39, 0.29) is 29.6 Å². The highest BCUT2D eigenvalue weighted by Crippen LogP contribution is 2.29. The average Bonchev–Trinajstić information content (AvgIpc) is 3.48. The second-order valence-corrected chi connectivity index (χ2v) is 8.21. The third-order valence-corrected chi connectivity index (χ3v) is 5.84. The highest BCUT2D eigenvalue weighted by atomic mass is 35.5. The van der Waals surface area contributed by atoms with Gasteiger partial charge in [-0.15, -0.1) is 0 Å². The molecule has 1 aromatic carbocycles. The van der Waals surface area contributed by atoms with E-state index in [4.69, 9.17) is 11.6 Å². The number of aromatic nitrogens is 1. The molecule has 0 radical (unpaired) electrons. The molecular formula is C22H28ClFN4O2.